The van der Waals surface area contributed by atoms with Crippen molar-refractivity contribution < 1.29 is 17.6 Å². The molecule has 1 saturated heterocycles. The molecule has 2 unspecified atom stereocenters. The number of hydrogen-bond donors (Lipinski definition) is 1. The minimum atomic E-state index is -4.54. The van der Waals surface area contributed by atoms with E-state index in [1.54, 1.807) is 0 Å². The van der Waals surface area contributed by atoms with Crippen LogP contribution in [-0.4, -0.2) is 24.5 Å². The van der Waals surface area contributed by atoms with Crippen LogP contribution in [0, 0.1) is 11.7 Å². The van der Waals surface area contributed by atoms with Crippen molar-refractivity contribution in [2.75, 3.05) is 19.6 Å². The van der Waals surface area contributed by atoms with Gasteiger partial charge in [-0.15, -0.1) is 0 Å². The van der Waals surface area contributed by atoms with Gasteiger partial charge in [0.05, 0.1) is 5.56 Å². The molecule has 1 aromatic rings. The van der Waals surface area contributed by atoms with Crippen molar-refractivity contribution in [3.05, 3.63) is 35.1 Å². The van der Waals surface area contributed by atoms with Crippen LogP contribution in [0.5, 0.6) is 0 Å². The second-order valence-corrected chi connectivity index (χ2v) is 5.13. The second-order valence-electron chi connectivity index (χ2n) is 5.13. The van der Waals surface area contributed by atoms with Crippen LogP contribution in [0.4, 0.5) is 17.6 Å². The number of alkyl halides is 3. The van der Waals surface area contributed by atoms with Gasteiger partial charge in [-0.05, 0) is 55.7 Å². The Labute approximate surface area is 115 Å². The molecule has 1 aliphatic heterocycles. The minimum absolute atomic E-state index is 0.0674. The van der Waals surface area contributed by atoms with Gasteiger partial charge < -0.3 is 5.73 Å². The van der Waals surface area contributed by atoms with Crippen molar-refractivity contribution in [1.29, 1.82) is 0 Å². The van der Waals surface area contributed by atoms with Crippen LogP contribution in [0.3, 0.4) is 0 Å². The lowest BCUT2D eigenvalue weighted by Crippen LogP contribution is -2.28. The van der Waals surface area contributed by atoms with E-state index in [1.807, 2.05) is 11.8 Å². The maximum Gasteiger partial charge on any atom is 0.416 e. The quantitative estimate of drug-likeness (QED) is 0.866. The van der Waals surface area contributed by atoms with Crippen molar-refractivity contribution in [3.8, 4) is 0 Å². The van der Waals surface area contributed by atoms with Gasteiger partial charge in [0.1, 0.15) is 5.82 Å². The van der Waals surface area contributed by atoms with E-state index in [0.29, 0.717) is 24.7 Å². The summed E-state index contributed by atoms with van der Waals surface area (Å²) in [5, 5.41) is 0. The van der Waals surface area contributed by atoms with E-state index >= 15 is 0 Å². The highest BCUT2D eigenvalue weighted by Gasteiger charge is 2.36. The van der Waals surface area contributed by atoms with Gasteiger partial charge >= 0.3 is 6.18 Å². The summed E-state index contributed by atoms with van der Waals surface area (Å²) in [4.78, 5) is 2.05. The Morgan fingerprint density at radius 1 is 1.30 bits per heavy atom. The van der Waals surface area contributed by atoms with Gasteiger partial charge in [0.25, 0.3) is 0 Å². The fourth-order valence-electron chi connectivity index (χ4n) is 2.96. The van der Waals surface area contributed by atoms with Crippen molar-refractivity contribution in [2.24, 2.45) is 11.7 Å². The Kier molecular flexibility index (Phi) is 4.34. The van der Waals surface area contributed by atoms with E-state index in [1.165, 1.54) is 6.07 Å². The highest BCUT2D eigenvalue weighted by Crippen LogP contribution is 2.39. The first-order chi connectivity index (χ1) is 9.36. The highest BCUT2D eigenvalue weighted by molar-refractivity contribution is 5.30. The molecule has 0 aliphatic carbocycles. The Balaban J connectivity index is 2.42. The average molecular weight is 290 g/mol. The van der Waals surface area contributed by atoms with Crippen LogP contribution < -0.4 is 5.73 Å². The number of rotatable bonds is 3. The molecular weight excluding hydrogens is 272 g/mol. The summed E-state index contributed by atoms with van der Waals surface area (Å²) in [6.07, 6.45) is -3.71. The minimum Gasteiger partial charge on any atom is -0.330 e. The molecule has 112 valence electrons. The lowest BCUT2D eigenvalue weighted by atomic mass is 9.92. The fourth-order valence-corrected chi connectivity index (χ4v) is 2.96. The first kappa shape index (κ1) is 15.3. The molecule has 0 radical (unpaired) electrons. The first-order valence-electron chi connectivity index (χ1n) is 6.68. The molecule has 0 saturated carbocycles. The molecule has 6 heteroatoms. The predicted octanol–water partition coefficient (Wildman–Crippen LogP) is 3.19. The maximum atomic E-state index is 13.5. The van der Waals surface area contributed by atoms with Crippen molar-refractivity contribution >= 4 is 0 Å². The summed E-state index contributed by atoms with van der Waals surface area (Å²) >= 11 is 0. The van der Waals surface area contributed by atoms with Crippen molar-refractivity contribution in [1.82, 2.24) is 4.90 Å². The van der Waals surface area contributed by atoms with Crippen LogP contribution in [-0.2, 0) is 6.18 Å². The Morgan fingerprint density at radius 3 is 2.55 bits per heavy atom. The molecule has 2 nitrogen and oxygen atoms in total. The Hall–Kier alpha value is -1.14. The van der Waals surface area contributed by atoms with Crippen LogP contribution in [0.25, 0.3) is 0 Å². The summed E-state index contributed by atoms with van der Waals surface area (Å²) in [5.41, 5.74) is 5.13. The van der Waals surface area contributed by atoms with E-state index in [4.69, 9.17) is 5.73 Å². The number of nitrogens with two attached hydrogens (primary N) is 1. The van der Waals surface area contributed by atoms with Crippen molar-refractivity contribution in [3.63, 3.8) is 0 Å². The van der Waals surface area contributed by atoms with Gasteiger partial charge in [-0.2, -0.15) is 13.2 Å². The maximum absolute atomic E-state index is 13.5. The lowest BCUT2D eigenvalue weighted by molar-refractivity contribution is -0.137. The molecule has 0 spiro atoms. The number of nitrogens with zero attached hydrogens (tertiary/aromatic N) is 1. The van der Waals surface area contributed by atoms with Crippen LogP contribution in [0.2, 0.25) is 0 Å². The van der Waals surface area contributed by atoms with Gasteiger partial charge in [-0.1, -0.05) is 6.92 Å². The molecule has 2 atom stereocenters. The zero-order valence-electron chi connectivity index (χ0n) is 11.3. The number of likely N-dealkylation sites (tertiary alicyclic amines) is 1. The fraction of sp³-hybridized carbons (Fsp3) is 0.571. The Morgan fingerprint density at radius 2 is 2.00 bits per heavy atom. The average Bonchev–Trinajstić information content (AvgIpc) is 2.79. The van der Waals surface area contributed by atoms with Gasteiger partial charge in [0.15, 0.2) is 0 Å². The molecule has 20 heavy (non-hydrogen) atoms. The van der Waals surface area contributed by atoms with Crippen LogP contribution in [0.1, 0.15) is 30.5 Å². The van der Waals surface area contributed by atoms with E-state index < -0.39 is 17.6 Å². The largest absolute Gasteiger partial charge is 0.416 e. The third kappa shape index (κ3) is 2.96. The smallest absolute Gasteiger partial charge is 0.330 e. The predicted molar refractivity (Wildman–Crippen MR) is 68.6 cm³/mol. The molecule has 1 heterocycles. The SMILES string of the molecule is CCN1CCC(CN)C1c1cc(F)cc(C(F)(F)F)c1. The van der Waals surface area contributed by atoms with Gasteiger partial charge in [0, 0.05) is 6.04 Å². The van der Waals surface area contributed by atoms with Gasteiger partial charge in [0.2, 0.25) is 0 Å². The highest BCUT2D eigenvalue weighted by atomic mass is 19.4. The molecule has 0 aromatic heterocycles. The lowest BCUT2D eigenvalue weighted by Gasteiger charge is -2.27. The number of halogens is 4. The van der Waals surface area contributed by atoms with Crippen LogP contribution in [0.15, 0.2) is 18.2 Å². The van der Waals surface area contributed by atoms with Crippen LogP contribution >= 0.6 is 0 Å². The molecule has 1 fully saturated rings. The molecule has 2 rings (SSSR count). The van der Waals surface area contributed by atoms with E-state index in [0.717, 1.165) is 19.0 Å². The van der Waals surface area contributed by atoms with E-state index in [2.05, 4.69) is 0 Å². The van der Waals surface area contributed by atoms with Crippen molar-refractivity contribution in [2.45, 2.75) is 25.6 Å². The third-order valence-electron chi connectivity index (χ3n) is 3.92. The summed E-state index contributed by atoms with van der Waals surface area (Å²) in [5.74, 6) is -0.786. The zero-order chi connectivity index (χ0) is 14.9. The monoisotopic (exact) mass is 290 g/mol. The van der Waals surface area contributed by atoms with Gasteiger partial charge in [-0.3, -0.25) is 4.90 Å². The molecule has 0 amide bonds. The van der Waals surface area contributed by atoms with E-state index in [-0.39, 0.29) is 12.0 Å². The first-order valence-corrected chi connectivity index (χ1v) is 6.68. The van der Waals surface area contributed by atoms with Gasteiger partial charge in [-0.25, -0.2) is 4.39 Å². The summed E-state index contributed by atoms with van der Waals surface area (Å²) in [6, 6.07) is 2.54. The molecule has 1 aliphatic rings. The Bertz CT molecular complexity index is 461. The molecule has 0 bridgehead atoms. The third-order valence-corrected chi connectivity index (χ3v) is 3.92. The number of benzene rings is 1. The summed E-state index contributed by atoms with van der Waals surface area (Å²) in [6.45, 7) is 3.81. The topological polar surface area (TPSA) is 29.3 Å². The standard InChI is InChI=1S/C14H18F4N2/c1-2-20-4-3-9(8-19)13(20)10-5-11(14(16,17)18)7-12(15)6-10/h5-7,9,13H,2-4,8,19H2,1H3. The zero-order valence-corrected chi connectivity index (χ0v) is 11.3. The summed E-state index contributed by atoms with van der Waals surface area (Å²) in [7, 11) is 0. The molecule has 2 N–H and O–H groups in total. The molecular formula is C14H18F4N2. The number of hydrogen-bond acceptors (Lipinski definition) is 2. The second kappa shape index (κ2) is 5.69. The normalized spacial score (nSPS) is 24.3. The molecule has 1 aromatic carbocycles. The van der Waals surface area contributed by atoms with E-state index in [9.17, 15) is 17.6 Å². The summed E-state index contributed by atoms with van der Waals surface area (Å²) < 4.78 is 51.9.